The van der Waals surface area contributed by atoms with Crippen LogP contribution in [0.15, 0.2) is 42.5 Å². The third-order valence-corrected chi connectivity index (χ3v) is 4.98. The normalized spacial score (nSPS) is 19.9. The SMILES string of the molecule is C[C@]1(N(Cc2ccccc2F)c2ccc(C#N)c(Cl)c2)CCNC1. The number of nitrogens with zero attached hydrogens (tertiary/aromatic N) is 2. The number of nitrogens with one attached hydrogen (secondary N) is 1. The van der Waals surface area contributed by atoms with Gasteiger partial charge in [0.2, 0.25) is 0 Å². The second-order valence-electron chi connectivity index (χ2n) is 6.38. The van der Waals surface area contributed by atoms with Crippen LogP contribution in [0.25, 0.3) is 0 Å². The molecule has 24 heavy (non-hydrogen) atoms. The Balaban J connectivity index is 2.01. The molecule has 1 aliphatic rings. The molecule has 3 rings (SSSR count). The third-order valence-electron chi connectivity index (χ3n) is 4.67. The molecule has 0 saturated carbocycles. The van der Waals surface area contributed by atoms with Gasteiger partial charge in [0, 0.05) is 24.3 Å². The average Bonchev–Trinajstić information content (AvgIpc) is 3.01. The van der Waals surface area contributed by atoms with Crippen LogP contribution in [-0.4, -0.2) is 18.6 Å². The molecule has 1 saturated heterocycles. The first-order valence-corrected chi connectivity index (χ1v) is 8.33. The summed E-state index contributed by atoms with van der Waals surface area (Å²) >= 11 is 6.22. The predicted octanol–water partition coefficient (Wildman–Crippen LogP) is 4.11. The lowest BCUT2D eigenvalue weighted by Gasteiger charge is -2.40. The Labute approximate surface area is 146 Å². The van der Waals surface area contributed by atoms with Gasteiger partial charge in [0.1, 0.15) is 11.9 Å². The van der Waals surface area contributed by atoms with E-state index in [0.717, 1.165) is 25.2 Å². The molecule has 0 aromatic heterocycles. The van der Waals surface area contributed by atoms with Crippen molar-refractivity contribution in [3.63, 3.8) is 0 Å². The summed E-state index contributed by atoms with van der Waals surface area (Å²) in [5.74, 6) is -0.211. The number of rotatable bonds is 4. The van der Waals surface area contributed by atoms with Crippen molar-refractivity contribution in [1.29, 1.82) is 5.26 Å². The number of nitriles is 1. The first-order chi connectivity index (χ1) is 11.5. The molecule has 1 aliphatic heterocycles. The van der Waals surface area contributed by atoms with Crippen molar-refractivity contribution < 1.29 is 4.39 Å². The lowest BCUT2D eigenvalue weighted by molar-refractivity contribution is 0.450. The monoisotopic (exact) mass is 343 g/mol. The van der Waals surface area contributed by atoms with E-state index in [-0.39, 0.29) is 11.4 Å². The Morgan fingerprint density at radius 3 is 2.75 bits per heavy atom. The van der Waals surface area contributed by atoms with Gasteiger partial charge in [-0.3, -0.25) is 0 Å². The van der Waals surface area contributed by atoms with E-state index >= 15 is 0 Å². The van der Waals surface area contributed by atoms with Crippen molar-refractivity contribution >= 4 is 17.3 Å². The summed E-state index contributed by atoms with van der Waals surface area (Å²) in [6.45, 7) is 4.36. The molecule has 124 valence electrons. The van der Waals surface area contributed by atoms with Crippen molar-refractivity contribution in [3.05, 3.63) is 64.4 Å². The smallest absolute Gasteiger partial charge is 0.128 e. The van der Waals surface area contributed by atoms with Gasteiger partial charge in [0.25, 0.3) is 0 Å². The van der Waals surface area contributed by atoms with E-state index in [9.17, 15) is 4.39 Å². The van der Waals surface area contributed by atoms with Crippen LogP contribution in [0.3, 0.4) is 0 Å². The van der Waals surface area contributed by atoms with Gasteiger partial charge in [-0.25, -0.2) is 4.39 Å². The molecule has 0 unspecified atom stereocenters. The summed E-state index contributed by atoms with van der Waals surface area (Å²) in [6.07, 6.45) is 0.957. The summed E-state index contributed by atoms with van der Waals surface area (Å²) in [7, 11) is 0. The van der Waals surface area contributed by atoms with E-state index in [4.69, 9.17) is 16.9 Å². The number of hydrogen-bond acceptors (Lipinski definition) is 3. The van der Waals surface area contributed by atoms with E-state index < -0.39 is 0 Å². The van der Waals surface area contributed by atoms with Crippen molar-refractivity contribution in [2.75, 3.05) is 18.0 Å². The summed E-state index contributed by atoms with van der Waals surface area (Å²) in [5.41, 5.74) is 1.85. The molecule has 0 bridgehead atoms. The van der Waals surface area contributed by atoms with Crippen LogP contribution in [0, 0.1) is 17.1 Å². The minimum Gasteiger partial charge on any atom is -0.360 e. The highest BCUT2D eigenvalue weighted by atomic mass is 35.5. The van der Waals surface area contributed by atoms with Crippen LogP contribution in [0.4, 0.5) is 10.1 Å². The zero-order valence-corrected chi connectivity index (χ0v) is 14.3. The summed E-state index contributed by atoms with van der Waals surface area (Å²) in [5, 5.41) is 12.9. The lowest BCUT2D eigenvalue weighted by Crippen LogP contribution is -2.48. The summed E-state index contributed by atoms with van der Waals surface area (Å²) in [4.78, 5) is 2.18. The van der Waals surface area contributed by atoms with Crippen LogP contribution in [-0.2, 0) is 6.54 Å². The van der Waals surface area contributed by atoms with Crippen LogP contribution in [0.5, 0.6) is 0 Å². The summed E-state index contributed by atoms with van der Waals surface area (Å²) < 4.78 is 14.2. The Kier molecular flexibility index (Phi) is 4.75. The molecule has 0 spiro atoms. The standard InChI is InChI=1S/C19H19ClFN3/c1-19(8-9-23-13-19)24(12-15-4-2-3-5-18(15)21)16-7-6-14(11-22)17(20)10-16/h2-7,10,23H,8-9,12-13H2,1H3/t19-/m0/s1. The van der Waals surface area contributed by atoms with Crippen molar-refractivity contribution in [1.82, 2.24) is 5.32 Å². The fourth-order valence-corrected chi connectivity index (χ4v) is 3.40. The molecule has 1 fully saturated rings. The van der Waals surface area contributed by atoms with Gasteiger partial charge in [-0.15, -0.1) is 0 Å². The van der Waals surface area contributed by atoms with Crippen LogP contribution in [0.2, 0.25) is 5.02 Å². The lowest BCUT2D eigenvalue weighted by atomic mass is 9.96. The van der Waals surface area contributed by atoms with E-state index in [1.807, 2.05) is 12.1 Å². The second kappa shape index (κ2) is 6.80. The second-order valence-corrected chi connectivity index (χ2v) is 6.78. The Bertz CT molecular complexity index is 778. The van der Waals surface area contributed by atoms with Gasteiger partial charge in [0.15, 0.2) is 0 Å². The Morgan fingerprint density at radius 1 is 1.33 bits per heavy atom. The van der Waals surface area contributed by atoms with Gasteiger partial charge < -0.3 is 10.2 Å². The quantitative estimate of drug-likeness (QED) is 0.908. The van der Waals surface area contributed by atoms with E-state index in [2.05, 4.69) is 23.2 Å². The molecule has 5 heteroatoms. The molecule has 1 heterocycles. The molecule has 2 aromatic carbocycles. The Hall–Kier alpha value is -2.09. The highest BCUT2D eigenvalue weighted by Gasteiger charge is 2.35. The van der Waals surface area contributed by atoms with Gasteiger partial charge in [-0.2, -0.15) is 5.26 Å². The largest absolute Gasteiger partial charge is 0.360 e. The van der Waals surface area contributed by atoms with Crippen molar-refractivity contribution in [3.8, 4) is 6.07 Å². The van der Waals surface area contributed by atoms with Gasteiger partial charge in [-0.1, -0.05) is 29.8 Å². The maximum absolute atomic E-state index is 14.2. The van der Waals surface area contributed by atoms with Crippen LogP contribution >= 0.6 is 11.6 Å². The van der Waals surface area contributed by atoms with Gasteiger partial charge >= 0.3 is 0 Å². The maximum atomic E-state index is 14.2. The molecule has 0 amide bonds. The van der Waals surface area contributed by atoms with Gasteiger partial charge in [0.05, 0.1) is 16.1 Å². The zero-order chi connectivity index (χ0) is 17.2. The molecule has 0 aliphatic carbocycles. The maximum Gasteiger partial charge on any atom is 0.128 e. The molecule has 1 atom stereocenters. The molecule has 2 aromatic rings. The number of benzene rings is 2. The molecule has 0 radical (unpaired) electrons. The number of hydrogen-bond donors (Lipinski definition) is 1. The predicted molar refractivity (Wildman–Crippen MR) is 94.6 cm³/mol. The highest BCUT2D eigenvalue weighted by molar-refractivity contribution is 6.32. The van der Waals surface area contributed by atoms with Crippen LogP contribution in [0.1, 0.15) is 24.5 Å². The number of halogens is 2. The molecular formula is C19H19ClFN3. The van der Waals surface area contributed by atoms with Gasteiger partial charge in [-0.05, 0) is 44.2 Å². The zero-order valence-electron chi connectivity index (χ0n) is 13.5. The average molecular weight is 344 g/mol. The first kappa shape index (κ1) is 16.8. The molecule has 1 N–H and O–H groups in total. The topological polar surface area (TPSA) is 39.1 Å². The fourth-order valence-electron chi connectivity index (χ4n) is 3.19. The number of anilines is 1. The Morgan fingerprint density at radius 2 is 2.12 bits per heavy atom. The van der Waals surface area contributed by atoms with Crippen molar-refractivity contribution in [2.45, 2.75) is 25.4 Å². The van der Waals surface area contributed by atoms with E-state index in [0.29, 0.717) is 22.7 Å². The fraction of sp³-hybridized carbons (Fsp3) is 0.316. The third kappa shape index (κ3) is 3.24. The van der Waals surface area contributed by atoms with Crippen LogP contribution < -0.4 is 10.2 Å². The highest BCUT2D eigenvalue weighted by Crippen LogP contribution is 2.33. The van der Waals surface area contributed by atoms with E-state index in [1.165, 1.54) is 6.07 Å². The minimum absolute atomic E-state index is 0.139. The summed E-state index contributed by atoms with van der Waals surface area (Å²) in [6, 6.07) is 14.3. The van der Waals surface area contributed by atoms with Crippen molar-refractivity contribution in [2.24, 2.45) is 0 Å². The first-order valence-electron chi connectivity index (χ1n) is 7.95. The molecular weight excluding hydrogens is 325 g/mol. The minimum atomic E-state index is -0.211. The molecule has 3 nitrogen and oxygen atoms in total. The van der Waals surface area contributed by atoms with E-state index in [1.54, 1.807) is 24.3 Å².